The van der Waals surface area contributed by atoms with Crippen molar-refractivity contribution in [2.45, 2.75) is 12.8 Å². The fraction of sp³-hybridized carbons (Fsp3) is 0.364. The number of phenols is 3. The molecule has 0 radical (unpaired) electrons. The van der Waals surface area contributed by atoms with Crippen LogP contribution >= 0.6 is 0 Å². The van der Waals surface area contributed by atoms with Crippen LogP contribution in [0.25, 0.3) is 0 Å². The molecule has 6 nitrogen and oxygen atoms in total. The molecule has 0 unspecified atom stereocenters. The number of anilines is 1. The summed E-state index contributed by atoms with van der Waals surface area (Å²) >= 11 is 0. The number of aromatic hydroxyl groups is 3. The lowest BCUT2D eigenvalue weighted by atomic mass is 10.2. The zero-order valence-electron chi connectivity index (χ0n) is 9.18. The van der Waals surface area contributed by atoms with Gasteiger partial charge in [0, 0.05) is 25.2 Å². The fourth-order valence-corrected chi connectivity index (χ4v) is 1.80. The monoisotopic (exact) mass is 238 g/mol. The molecule has 2 amide bonds. The van der Waals surface area contributed by atoms with Crippen LogP contribution in [0.5, 0.6) is 17.2 Å². The zero-order chi connectivity index (χ0) is 12.4. The third-order valence-electron chi connectivity index (χ3n) is 2.71. The van der Waals surface area contributed by atoms with E-state index in [1.807, 2.05) is 0 Å². The molecule has 0 aromatic heterocycles. The highest BCUT2D eigenvalue weighted by Gasteiger charge is 2.18. The van der Waals surface area contributed by atoms with E-state index in [2.05, 4.69) is 5.32 Å². The molecule has 92 valence electrons. The Hall–Kier alpha value is -2.11. The van der Waals surface area contributed by atoms with Crippen LogP contribution in [-0.4, -0.2) is 39.3 Å². The van der Waals surface area contributed by atoms with Crippen molar-refractivity contribution in [1.82, 2.24) is 4.90 Å². The summed E-state index contributed by atoms with van der Waals surface area (Å²) in [7, 11) is 0. The minimum Gasteiger partial charge on any atom is -0.504 e. The summed E-state index contributed by atoms with van der Waals surface area (Å²) in [6.07, 6.45) is 1.97. The molecular weight excluding hydrogens is 224 g/mol. The highest BCUT2D eigenvalue weighted by molar-refractivity contribution is 5.90. The van der Waals surface area contributed by atoms with E-state index >= 15 is 0 Å². The zero-order valence-corrected chi connectivity index (χ0v) is 9.18. The molecule has 1 aliphatic heterocycles. The van der Waals surface area contributed by atoms with Gasteiger partial charge in [-0.25, -0.2) is 4.79 Å². The lowest BCUT2D eigenvalue weighted by molar-refractivity contribution is 0.222. The standard InChI is InChI=1S/C11H14N2O4/c14-8-5-7(6-9(15)10(8)16)12-11(17)13-3-1-2-4-13/h5-6,14-16H,1-4H2,(H,12,17). The van der Waals surface area contributed by atoms with Gasteiger partial charge in [0.15, 0.2) is 17.2 Å². The summed E-state index contributed by atoms with van der Waals surface area (Å²) in [6, 6.07) is 2.10. The molecule has 1 aromatic rings. The summed E-state index contributed by atoms with van der Waals surface area (Å²) in [6.45, 7) is 1.42. The third-order valence-corrected chi connectivity index (χ3v) is 2.71. The third kappa shape index (κ3) is 2.35. The Kier molecular flexibility index (Phi) is 2.95. The molecule has 1 aliphatic rings. The van der Waals surface area contributed by atoms with Gasteiger partial charge in [0.1, 0.15) is 0 Å². The van der Waals surface area contributed by atoms with Crippen molar-refractivity contribution in [1.29, 1.82) is 0 Å². The lowest BCUT2D eigenvalue weighted by Gasteiger charge is -2.16. The maximum absolute atomic E-state index is 11.7. The van der Waals surface area contributed by atoms with Crippen molar-refractivity contribution in [3.8, 4) is 17.2 Å². The quantitative estimate of drug-likeness (QED) is 0.440. The SMILES string of the molecule is O=C(Nc1cc(O)c(O)c(O)c1)N1CCCC1. The predicted molar refractivity (Wildman–Crippen MR) is 61.3 cm³/mol. The number of hydrogen-bond donors (Lipinski definition) is 4. The Balaban J connectivity index is 2.10. The summed E-state index contributed by atoms with van der Waals surface area (Å²) in [5, 5.41) is 30.3. The van der Waals surface area contributed by atoms with Gasteiger partial charge in [-0.15, -0.1) is 0 Å². The second-order valence-electron chi connectivity index (χ2n) is 3.99. The molecule has 17 heavy (non-hydrogen) atoms. The van der Waals surface area contributed by atoms with Crippen molar-refractivity contribution in [3.05, 3.63) is 12.1 Å². The molecule has 0 bridgehead atoms. The van der Waals surface area contributed by atoms with Gasteiger partial charge in [0.2, 0.25) is 0 Å². The summed E-state index contributed by atoms with van der Waals surface area (Å²) in [5.41, 5.74) is 0.245. The first-order valence-corrected chi connectivity index (χ1v) is 5.39. The van der Waals surface area contributed by atoms with Crippen LogP contribution in [0.15, 0.2) is 12.1 Å². The van der Waals surface area contributed by atoms with Crippen molar-refractivity contribution in [2.75, 3.05) is 18.4 Å². The largest absolute Gasteiger partial charge is 0.504 e. The van der Waals surface area contributed by atoms with Crippen LogP contribution in [0.3, 0.4) is 0 Å². The molecule has 1 fully saturated rings. The van der Waals surface area contributed by atoms with Crippen LogP contribution < -0.4 is 5.32 Å². The van der Waals surface area contributed by atoms with Crippen molar-refractivity contribution >= 4 is 11.7 Å². The molecule has 0 atom stereocenters. The van der Waals surface area contributed by atoms with E-state index in [0.717, 1.165) is 12.8 Å². The molecule has 4 N–H and O–H groups in total. The highest BCUT2D eigenvalue weighted by Crippen LogP contribution is 2.37. The number of carbonyl (C=O) groups is 1. The molecule has 1 heterocycles. The van der Waals surface area contributed by atoms with E-state index in [-0.39, 0.29) is 11.7 Å². The molecule has 1 aromatic carbocycles. The number of benzene rings is 1. The van der Waals surface area contributed by atoms with Crippen LogP contribution in [-0.2, 0) is 0 Å². The molecule has 2 rings (SSSR count). The second kappa shape index (κ2) is 4.40. The number of nitrogens with zero attached hydrogens (tertiary/aromatic N) is 1. The topological polar surface area (TPSA) is 93.0 Å². The molecule has 6 heteroatoms. The Bertz CT molecular complexity index is 418. The van der Waals surface area contributed by atoms with Crippen LogP contribution in [0.2, 0.25) is 0 Å². The normalized spacial score (nSPS) is 14.9. The van der Waals surface area contributed by atoms with E-state index < -0.39 is 17.2 Å². The van der Waals surface area contributed by atoms with E-state index in [0.29, 0.717) is 13.1 Å². The van der Waals surface area contributed by atoms with E-state index in [1.54, 1.807) is 4.90 Å². The van der Waals surface area contributed by atoms with Crippen LogP contribution in [0.4, 0.5) is 10.5 Å². The van der Waals surface area contributed by atoms with Crippen molar-refractivity contribution in [2.24, 2.45) is 0 Å². The second-order valence-corrected chi connectivity index (χ2v) is 3.99. The van der Waals surface area contributed by atoms with Gasteiger partial charge in [0.25, 0.3) is 0 Å². The smallest absolute Gasteiger partial charge is 0.321 e. The maximum atomic E-state index is 11.7. The van der Waals surface area contributed by atoms with E-state index in [1.165, 1.54) is 12.1 Å². The van der Waals surface area contributed by atoms with Gasteiger partial charge < -0.3 is 25.5 Å². The molecular formula is C11H14N2O4. The average molecular weight is 238 g/mol. The average Bonchev–Trinajstić information content (AvgIpc) is 2.79. The van der Waals surface area contributed by atoms with Crippen molar-refractivity contribution < 1.29 is 20.1 Å². The van der Waals surface area contributed by atoms with Gasteiger partial charge in [0.05, 0.1) is 5.69 Å². The van der Waals surface area contributed by atoms with Gasteiger partial charge in [-0.1, -0.05) is 0 Å². The van der Waals surface area contributed by atoms with Crippen LogP contribution in [0, 0.1) is 0 Å². The first-order chi connectivity index (χ1) is 8.08. The molecule has 1 saturated heterocycles. The first-order valence-electron chi connectivity index (χ1n) is 5.39. The van der Waals surface area contributed by atoms with Gasteiger partial charge >= 0.3 is 6.03 Å². The molecule has 0 saturated carbocycles. The number of nitrogens with one attached hydrogen (secondary N) is 1. The number of amides is 2. The molecule has 0 aliphatic carbocycles. The van der Waals surface area contributed by atoms with Gasteiger partial charge in [-0.2, -0.15) is 0 Å². The number of rotatable bonds is 1. The summed E-state index contributed by atoms with van der Waals surface area (Å²) in [4.78, 5) is 13.4. The lowest BCUT2D eigenvalue weighted by Crippen LogP contribution is -2.32. The van der Waals surface area contributed by atoms with E-state index in [4.69, 9.17) is 5.11 Å². The molecule has 0 spiro atoms. The predicted octanol–water partition coefficient (Wildman–Crippen LogP) is 1.43. The number of phenolic OH excluding ortho intramolecular Hbond substituents is 3. The Morgan fingerprint density at radius 2 is 1.65 bits per heavy atom. The number of carbonyl (C=O) groups excluding carboxylic acids is 1. The number of likely N-dealkylation sites (tertiary alicyclic amines) is 1. The van der Waals surface area contributed by atoms with Crippen molar-refractivity contribution in [3.63, 3.8) is 0 Å². The maximum Gasteiger partial charge on any atom is 0.321 e. The Morgan fingerprint density at radius 1 is 1.12 bits per heavy atom. The number of urea groups is 1. The Labute approximate surface area is 98.1 Å². The minimum atomic E-state index is -0.593. The Morgan fingerprint density at radius 3 is 2.18 bits per heavy atom. The van der Waals surface area contributed by atoms with Gasteiger partial charge in [-0.05, 0) is 12.8 Å². The first kappa shape index (κ1) is 11.4. The van der Waals surface area contributed by atoms with E-state index in [9.17, 15) is 15.0 Å². The van der Waals surface area contributed by atoms with Crippen LogP contribution in [0.1, 0.15) is 12.8 Å². The summed E-state index contributed by atoms with van der Waals surface area (Å²) < 4.78 is 0. The van der Waals surface area contributed by atoms with Gasteiger partial charge in [-0.3, -0.25) is 0 Å². The minimum absolute atomic E-state index is 0.245. The summed E-state index contributed by atoms with van der Waals surface area (Å²) in [5.74, 6) is -1.53. The fourth-order valence-electron chi connectivity index (χ4n) is 1.80. The number of hydrogen-bond acceptors (Lipinski definition) is 4. The highest BCUT2D eigenvalue weighted by atomic mass is 16.3.